The lowest BCUT2D eigenvalue weighted by Crippen LogP contribution is -2.25. The van der Waals surface area contributed by atoms with Crippen LogP contribution in [0.25, 0.3) is 0 Å². The van der Waals surface area contributed by atoms with Gasteiger partial charge in [0.05, 0.1) is 12.2 Å². The second kappa shape index (κ2) is 5.69. The van der Waals surface area contributed by atoms with Crippen LogP contribution in [-0.2, 0) is 10.9 Å². The topological polar surface area (TPSA) is 49.1 Å². The predicted molar refractivity (Wildman–Crippen MR) is 59.1 cm³/mol. The first kappa shape index (κ1) is 14.3. The summed E-state index contributed by atoms with van der Waals surface area (Å²) in [5.41, 5.74) is -0.914. The van der Waals surface area contributed by atoms with E-state index in [-0.39, 0.29) is 11.4 Å². The molecule has 4 nitrogen and oxygen atoms in total. The largest absolute Gasteiger partial charge is 0.433 e. The van der Waals surface area contributed by atoms with Crippen LogP contribution in [0.1, 0.15) is 11.3 Å². The zero-order chi connectivity index (χ0) is 13.8. The van der Waals surface area contributed by atoms with Crippen molar-refractivity contribution in [1.29, 1.82) is 5.26 Å². The molecule has 0 saturated heterocycles. The van der Waals surface area contributed by atoms with Gasteiger partial charge in [0, 0.05) is 20.7 Å². The highest BCUT2D eigenvalue weighted by molar-refractivity contribution is 5.54. The number of rotatable bonds is 4. The summed E-state index contributed by atoms with van der Waals surface area (Å²) in [6.45, 7) is 0.679. The number of hydrogen-bond acceptors (Lipinski definition) is 4. The number of hydrogen-bond donors (Lipinski definition) is 0. The molecule has 1 rings (SSSR count). The minimum Gasteiger partial charge on any atom is -0.383 e. The fourth-order valence-corrected chi connectivity index (χ4v) is 1.32. The predicted octanol–water partition coefficient (Wildman–Crippen LogP) is 2.05. The zero-order valence-electron chi connectivity index (χ0n) is 9.95. The third kappa shape index (κ3) is 3.34. The molecule has 18 heavy (non-hydrogen) atoms. The summed E-state index contributed by atoms with van der Waals surface area (Å²) in [7, 11) is 3.04. The van der Waals surface area contributed by atoms with Gasteiger partial charge in [-0.2, -0.15) is 18.4 Å². The average molecular weight is 259 g/mol. The maximum atomic E-state index is 12.5. The molecular formula is C11H12F3N3O. The minimum atomic E-state index is -4.52. The summed E-state index contributed by atoms with van der Waals surface area (Å²) in [5, 5.41) is 8.86. The number of nitrogens with zero attached hydrogens (tertiary/aromatic N) is 3. The van der Waals surface area contributed by atoms with Crippen LogP contribution in [0, 0.1) is 11.3 Å². The van der Waals surface area contributed by atoms with Crippen molar-refractivity contribution < 1.29 is 17.9 Å². The second-order valence-electron chi connectivity index (χ2n) is 3.59. The van der Waals surface area contributed by atoms with Gasteiger partial charge in [-0.1, -0.05) is 0 Å². The van der Waals surface area contributed by atoms with Crippen LogP contribution in [0.5, 0.6) is 0 Å². The molecule has 7 heteroatoms. The quantitative estimate of drug-likeness (QED) is 0.830. The van der Waals surface area contributed by atoms with E-state index in [1.807, 2.05) is 6.07 Å². The van der Waals surface area contributed by atoms with Crippen molar-refractivity contribution >= 4 is 5.82 Å². The van der Waals surface area contributed by atoms with Gasteiger partial charge in [0.25, 0.3) is 0 Å². The number of ether oxygens (including phenoxy) is 1. The fourth-order valence-electron chi connectivity index (χ4n) is 1.32. The van der Waals surface area contributed by atoms with Gasteiger partial charge in [-0.05, 0) is 12.1 Å². The molecule has 0 aliphatic heterocycles. The van der Waals surface area contributed by atoms with E-state index >= 15 is 0 Å². The monoisotopic (exact) mass is 259 g/mol. The summed E-state index contributed by atoms with van der Waals surface area (Å²) in [4.78, 5) is 4.95. The SMILES string of the molecule is COCCN(C)c1nc(C(F)(F)F)ccc1C#N. The van der Waals surface area contributed by atoms with Gasteiger partial charge in [0.15, 0.2) is 0 Å². The third-order valence-corrected chi connectivity index (χ3v) is 2.28. The van der Waals surface area contributed by atoms with E-state index in [4.69, 9.17) is 10.00 Å². The molecule has 0 aliphatic carbocycles. The molecule has 0 atom stereocenters. The van der Waals surface area contributed by atoms with Crippen molar-refractivity contribution in [2.24, 2.45) is 0 Å². The Labute approximate surface area is 103 Å². The van der Waals surface area contributed by atoms with Crippen molar-refractivity contribution in [3.05, 3.63) is 23.4 Å². The van der Waals surface area contributed by atoms with E-state index < -0.39 is 11.9 Å². The molecular weight excluding hydrogens is 247 g/mol. The Hall–Kier alpha value is -1.81. The normalized spacial score (nSPS) is 11.1. The average Bonchev–Trinajstić information content (AvgIpc) is 2.34. The Balaban J connectivity index is 3.11. The van der Waals surface area contributed by atoms with E-state index in [1.54, 1.807) is 7.05 Å². The van der Waals surface area contributed by atoms with Gasteiger partial charge in [-0.3, -0.25) is 0 Å². The first-order valence-electron chi connectivity index (χ1n) is 5.08. The molecule has 0 radical (unpaired) electrons. The molecule has 0 saturated carbocycles. The molecule has 0 fully saturated rings. The lowest BCUT2D eigenvalue weighted by atomic mass is 10.2. The van der Waals surface area contributed by atoms with E-state index in [2.05, 4.69) is 4.98 Å². The molecule has 0 bridgehead atoms. The van der Waals surface area contributed by atoms with Crippen molar-refractivity contribution in [3.63, 3.8) is 0 Å². The number of aromatic nitrogens is 1. The van der Waals surface area contributed by atoms with Crippen molar-refractivity contribution in [1.82, 2.24) is 4.98 Å². The number of nitriles is 1. The van der Waals surface area contributed by atoms with Gasteiger partial charge >= 0.3 is 6.18 Å². The highest BCUT2D eigenvalue weighted by Crippen LogP contribution is 2.30. The first-order chi connectivity index (χ1) is 8.40. The van der Waals surface area contributed by atoms with E-state index in [0.717, 1.165) is 12.1 Å². The van der Waals surface area contributed by atoms with Crippen LogP contribution in [0.3, 0.4) is 0 Å². The molecule has 0 N–H and O–H groups in total. The lowest BCUT2D eigenvalue weighted by Gasteiger charge is -2.19. The minimum absolute atomic E-state index is 0.00405. The highest BCUT2D eigenvalue weighted by atomic mass is 19.4. The van der Waals surface area contributed by atoms with Crippen LogP contribution in [0.15, 0.2) is 12.1 Å². The number of halogens is 3. The van der Waals surface area contributed by atoms with Gasteiger partial charge in [-0.25, -0.2) is 4.98 Å². The first-order valence-corrected chi connectivity index (χ1v) is 5.08. The van der Waals surface area contributed by atoms with E-state index in [0.29, 0.717) is 13.2 Å². The van der Waals surface area contributed by atoms with Crippen LogP contribution in [-0.4, -0.2) is 32.3 Å². The molecule has 1 aromatic rings. The van der Waals surface area contributed by atoms with Crippen LogP contribution < -0.4 is 4.90 Å². The highest BCUT2D eigenvalue weighted by Gasteiger charge is 2.33. The smallest absolute Gasteiger partial charge is 0.383 e. The summed E-state index contributed by atoms with van der Waals surface area (Å²) in [6.07, 6.45) is -4.52. The van der Waals surface area contributed by atoms with Crippen LogP contribution in [0.2, 0.25) is 0 Å². The summed E-state index contributed by atoms with van der Waals surface area (Å²) in [5.74, 6) is 0.00405. The summed E-state index contributed by atoms with van der Waals surface area (Å²) < 4.78 is 42.4. The standard InChI is InChI=1S/C11H12F3N3O/c1-17(5-6-18-2)10-8(7-15)3-4-9(16-10)11(12,13)14/h3-4H,5-6H2,1-2H3. The van der Waals surface area contributed by atoms with Crippen molar-refractivity contribution in [2.75, 3.05) is 32.2 Å². The molecule has 0 aromatic carbocycles. The molecule has 0 spiro atoms. The molecule has 0 aliphatic rings. The van der Waals surface area contributed by atoms with Crippen LogP contribution >= 0.6 is 0 Å². The van der Waals surface area contributed by atoms with Crippen molar-refractivity contribution in [3.8, 4) is 6.07 Å². The Bertz CT molecular complexity index is 454. The van der Waals surface area contributed by atoms with Gasteiger partial charge < -0.3 is 9.64 Å². The van der Waals surface area contributed by atoms with Crippen molar-refractivity contribution in [2.45, 2.75) is 6.18 Å². The summed E-state index contributed by atoms with van der Waals surface area (Å²) in [6, 6.07) is 3.74. The number of alkyl halides is 3. The van der Waals surface area contributed by atoms with Gasteiger partial charge in [0.1, 0.15) is 17.6 Å². The van der Waals surface area contributed by atoms with Gasteiger partial charge in [-0.15, -0.1) is 0 Å². The fraction of sp³-hybridized carbons (Fsp3) is 0.455. The second-order valence-corrected chi connectivity index (χ2v) is 3.59. The van der Waals surface area contributed by atoms with Crippen LogP contribution in [0.4, 0.5) is 19.0 Å². The van der Waals surface area contributed by atoms with E-state index in [9.17, 15) is 13.2 Å². The number of pyridine rings is 1. The molecule has 1 heterocycles. The molecule has 98 valence electrons. The zero-order valence-corrected chi connectivity index (χ0v) is 9.95. The Kier molecular flexibility index (Phi) is 4.50. The Morgan fingerprint density at radius 1 is 1.44 bits per heavy atom. The maximum Gasteiger partial charge on any atom is 0.433 e. The maximum absolute atomic E-state index is 12.5. The number of anilines is 1. The van der Waals surface area contributed by atoms with E-state index in [1.165, 1.54) is 12.0 Å². The number of methoxy groups -OCH3 is 1. The lowest BCUT2D eigenvalue weighted by molar-refractivity contribution is -0.141. The Morgan fingerprint density at radius 2 is 2.11 bits per heavy atom. The third-order valence-electron chi connectivity index (χ3n) is 2.28. The number of likely N-dealkylation sites (N-methyl/N-ethyl adjacent to an activating group) is 1. The molecule has 0 amide bonds. The van der Waals surface area contributed by atoms with Gasteiger partial charge in [0.2, 0.25) is 0 Å². The summed E-state index contributed by atoms with van der Waals surface area (Å²) >= 11 is 0. The Morgan fingerprint density at radius 3 is 2.61 bits per heavy atom. The molecule has 0 unspecified atom stereocenters. The molecule has 1 aromatic heterocycles.